The van der Waals surface area contributed by atoms with Gasteiger partial charge in [0.1, 0.15) is 28.3 Å². The van der Waals surface area contributed by atoms with Gasteiger partial charge in [-0.1, -0.05) is 31.9 Å². The summed E-state index contributed by atoms with van der Waals surface area (Å²) in [7, 11) is 0. The number of thiol groups is 1. The second kappa shape index (κ2) is 67.4. The monoisotopic (exact) mass is 2410 g/mol. The zero-order valence-electron chi connectivity index (χ0n) is 81.2. The molecule has 0 atom stereocenters. The van der Waals surface area contributed by atoms with Crippen LogP contribution in [-0.4, -0.2) is 159 Å². The topological polar surface area (TPSA) is 351 Å². The van der Waals surface area contributed by atoms with Crippen LogP contribution in [0, 0.1) is 55.4 Å². The van der Waals surface area contributed by atoms with Gasteiger partial charge in [0, 0.05) is 24.9 Å². The SMILES string of the molecule is CCOC(=O)CBr.CCOC(=O)COc1ccc(SCCCc2nn(-c3ccc(C(F)(F)F)cc3)nc2C)cc1C.Cc1cc(S)ccc1O.Cc1cc(SCCCc2nn(-c3ccc(C(F)(F)F)cc3)nc2C)ccc1O.Cc1cc(SCCCc2nn(-c3ccc(C(F)(F)F)cc3)nc2C)ccc1OCC(=O)O.Cc1nn(-c2ccc(C(F)(F)F)cc2)nc1CCCCBr.O=CO[O-].[Cs+].[Cs+].[H-].[H-].[Li+].[Na+].[OH-]. The van der Waals surface area contributed by atoms with E-state index in [0.717, 1.165) is 203 Å². The van der Waals surface area contributed by atoms with Crippen LogP contribution in [0.3, 0.4) is 0 Å². The number of carboxylic acid groups (broad SMARTS) is 1. The first-order chi connectivity index (χ1) is 63.9. The number of ether oxygens (including phenoxy) is 4. The molecule has 0 aliphatic rings. The van der Waals surface area contributed by atoms with Gasteiger partial charge in [0.05, 0.1) is 104 Å². The Morgan fingerprint density at radius 3 is 0.957 bits per heavy atom. The molecule has 0 aliphatic carbocycles. The van der Waals surface area contributed by atoms with E-state index in [9.17, 15) is 72.2 Å². The molecule has 4 N–H and O–H groups in total. The molecule has 0 fully saturated rings. The van der Waals surface area contributed by atoms with Crippen LogP contribution in [-0.2, 0) is 83.9 Å². The Hall–Kier alpha value is -5.46. The molecule has 140 heavy (non-hydrogen) atoms. The number of halogens is 14. The van der Waals surface area contributed by atoms with Crippen LogP contribution in [0.25, 0.3) is 22.7 Å². The summed E-state index contributed by atoms with van der Waals surface area (Å²) in [5, 5.41) is 71.8. The van der Waals surface area contributed by atoms with Gasteiger partial charge >= 0.3 is 229 Å². The number of hydrogen-bond donors (Lipinski definition) is 4. The Balaban J connectivity index is 0. The summed E-state index contributed by atoms with van der Waals surface area (Å²) in [5.74, 6) is 2.77. The van der Waals surface area contributed by atoms with Crippen molar-refractivity contribution in [1.29, 1.82) is 0 Å². The number of thioether (sulfide) groups is 3. The first-order valence-corrected chi connectivity index (χ1v) is 47.0. The Morgan fingerprint density at radius 1 is 0.429 bits per heavy atom. The Bertz CT molecular complexity index is 5770. The second-order valence-electron chi connectivity index (χ2n) is 28.9. The smallest absolute Gasteiger partial charge is 1.00 e. The maximum Gasteiger partial charge on any atom is 1.00 e. The van der Waals surface area contributed by atoms with Crippen molar-refractivity contribution in [2.45, 2.75) is 171 Å². The number of benzene rings is 8. The average molecular weight is 2410 g/mol. The van der Waals surface area contributed by atoms with E-state index in [1.165, 1.54) is 67.7 Å². The molecule has 0 saturated carbocycles. The summed E-state index contributed by atoms with van der Waals surface area (Å²) in [6.07, 6.45) is -9.85. The molecule has 12 rings (SSSR count). The Morgan fingerprint density at radius 2 is 0.707 bits per heavy atom. The fourth-order valence-electron chi connectivity index (χ4n) is 11.6. The fourth-order valence-corrected chi connectivity index (χ4v) is 15.3. The number of aromatic nitrogens is 12. The number of hydrogen-bond acceptors (Lipinski definition) is 25. The first-order valence-electron chi connectivity index (χ1n) is 41.3. The van der Waals surface area contributed by atoms with Crippen LogP contribution in [0.2, 0.25) is 0 Å². The molecule has 0 amide bonds. The minimum absolute atomic E-state index is 0. The maximum absolute atomic E-state index is 12.8. The molecule has 0 bridgehead atoms. The number of unbranched alkanes of at least 4 members (excludes halogenated alkanes) is 1. The Labute approximate surface area is 992 Å². The van der Waals surface area contributed by atoms with Gasteiger partial charge in [0.2, 0.25) is 0 Å². The number of esters is 2. The molecule has 0 aliphatic heterocycles. The number of nitrogens with zero attached hydrogens (tertiary/aromatic N) is 12. The van der Waals surface area contributed by atoms with E-state index in [1.54, 1.807) is 73.4 Å². The zero-order chi connectivity index (χ0) is 99.8. The molecule has 4 heterocycles. The summed E-state index contributed by atoms with van der Waals surface area (Å²) in [6, 6.07) is 41.3. The van der Waals surface area contributed by atoms with Gasteiger partial charge in [-0.3, -0.25) is 9.59 Å². The molecule has 740 valence electrons. The van der Waals surface area contributed by atoms with Crippen molar-refractivity contribution in [3.8, 4) is 45.7 Å². The van der Waals surface area contributed by atoms with Crippen LogP contribution in [0.5, 0.6) is 23.0 Å². The Kier molecular flexibility index (Phi) is 63.8. The van der Waals surface area contributed by atoms with Crippen molar-refractivity contribution in [1.82, 2.24) is 60.0 Å². The molecule has 4 aromatic heterocycles. The van der Waals surface area contributed by atoms with Gasteiger partial charge in [-0.15, -0.1) is 47.9 Å². The van der Waals surface area contributed by atoms with Gasteiger partial charge in [-0.05, 0) is 336 Å². The maximum atomic E-state index is 12.8. The normalized spacial score (nSPS) is 10.7. The number of aryl methyl sites for hydroxylation is 12. The van der Waals surface area contributed by atoms with Crippen LogP contribution < -0.4 is 201 Å². The molecule has 0 spiro atoms. The van der Waals surface area contributed by atoms with Crippen LogP contribution in [0.4, 0.5) is 52.7 Å². The molecule has 8 aromatic carbocycles. The number of rotatable bonds is 33. The van der Waals surface area contributed by atoms with Crippen LogP contribution in [0.1, 0.15) is 139 Å². The fraction of sp³-hybridized carbons (Fsp3) is 0.348. The second-order valence-corrected chi connectivity index (χ2v) is 34.3. The van der Waals surface area contributed by atoms with Crippen LogP contribution >= 0.6 is 79.8 Å². The number of carbonyl (C=O) groups is 4. The number of carboxylic acids is 1. The predicted molar refractivity (Wildman–Crippen MR) is 501 cm³/mol. The zero-order valence-corrected chi connectivity index (χ0v) is 100. The van der Waals surface area contributed by atoms with Crippen molar-refractivity contribution < 1.29 is 311 Å². The molecule has 0 radical (unpaired) electrons. The average Bonchev–Trinajstić information content (AvgIpc) is 1.71. The number of carbonyl (C=O) groups excluding carboxylic acids is 3. The van der Waals surface area contributed by atoms with Crippen molar-refractivity contribution in [3.63, 3.8) is 0 Å². The van der Waals surface area contributed by atoms with Crippen molar-refractivity contribution in [2.24, 2.45) is 0 Å². The number of phenolic OH excluding ortho intramolecular Hbond substituents is 2. The van der Waals surface area contributed by atoms with E-state index in [2.05, 4.69) is 94.9 Å². The van der Waals surface area contributed by atoms with E-state index in [0.29, 0.717) is 77.1 Å². The number of phenols is 2. The molecule has 48 heteroatoms. The minimum Gasteiger partial charge on any atom is -1.00 e. The standard InChI is InChI=1S/C24H26F3N3O3S.C22H22F3N3O3S.C20H20F3N3OS.C14H15BrF3N3.C7H8OS.C4H7BrO2.CH2O3.2Cs.Li.Na.H2O.2H/c1-4-32-23(31)15-33-22-12-11-20(14-16(22)2)34-13-5-6-21-17(3)28-30(29-21)19-9-7-18(8-10-19)24(25,26)27;1-14-12-18(9-10-20(14)31-13-21(29)30)32-11-3-4-19-15(2)26-28(27-19)17-7-5-16(6-8-17)22(23,24)25;1-13-12-17(9-10-19(13)27)28-11-3-4-18-14(2)24-26(25-18)16-7-5-15(6-8-16)20(21,22)23;1-10-13(4-2-3-9-15)20-21(19-10)12-7-5-11(6-8-12)14(16,17)18;1-5-4-6(9)2-3-7(5)8;1-2-7-4(6)3-5;2-1-4-3;;;;;;;/h7-12,14H,4-6,13,15H2,1-3H3;5-10,12H,3-4,11,13H2,1-2H3,(H,29,30);5-10,12,27H,3-4,11H2,1-2H3;5-8H,2-4,9H2,1H3;2-4,8-9H,1H3;2-3H2,1H3;1,3H;;;;;1H2;;/q;;;;;;;4*+1;;2*-1/p-2. The van der Waals surface area contributed by atoms with E-state index < -0.39 is 58.9 Å². The summed E-state index contributed by atoms with van der Waals surface area (Å²) in [5.41, 5.74) is 9.13. The van der Waals surface area contributed by atoms with Gasteiger partial charge < -0.3 is 52.7 Å². The quantitative estimate of drug-likeness (QED) is 0.00284. The number of aromatic hydroxyl groups is 2. The first kappa shape index (κ1) is 133. The van der Waals surface area contributed by atoms with Gasteiger partial charge in [0.25, 0.3) is 6.47 Å². The summed E-state index contributed by atoms with van der Waals surface area (Å²) < 4.78 is 172. The molecule has 0 unspecified atom stereocenters. The summed E-state index contributed by atoms with van der Waals surface area (Å²) in [4.78, 5) is 53.1. The van der Waals surface area contributed by atoms with Gasteiger partial charge in [0.15, 0.2) is 13.2 Å². The van der Waals surface area contributed by atoms with Crippen molar-refractivity contribution >= 4 is 104 Å². The number of aliphatic carboxylic acids is 1. The van der Waals surface area contributed by atoms with E-state index in [-0.39, 0.29) is 220 Å². The molecule has 12 aromatic rings. The third kappa shape index (κ3) is 47.6. The van der Waals surface area contributed by atoms with Crippen molar-refractivity contribution in [3.05, 3.63) is 260 Å². The predicted octanol–water partition coefficient (Wildman–Crippen LogP) is 9.74. The van der Waals surface area contributed by atoms with E-state index in [1.807, 2.05) is 104 Å². The third-order valence-electron chi connectivity index (χ3n) is 18.6. The largest absolute Gasteiger partial charge is 1.00 e. The van der Waals surface area contributed by atoms with Gasteiger partial charge in [-0.25, -0.2) is 9.59 Å². The van der Waals surface area contributed by atoms with E-state index >= 15 is 0 Å². The van der Waals surface area contributed by atoms with E-state index in [4.69, 9.17) is 34.5 Å². The van der Waals surface area contributed by atoms with Crippen LogP contribution in [0.15, 0.2) is 189 Å². The minimum atomic E-state index is -4.38. The molecular formula is C92H102Br2Cs2F12LiN12NaO14S4. The number of alkyl halides is 14. The molecule has 0 saturated heterocycles. The third-order valence-corrected chi connectivity index (χ3v) is 23.1. The van der Waals surface area contributed by atoms with Gasteiger partial charge in [-0.2, -0.15) is 113 Å². The molecular weight excluding hydrogens is 2310 g/mol. The van der Waals surface area contributed by atoms with Crippen molar-refractivity contribution in [2.75, 3.05) is 54.3 Å². The summed E-state index contributed by atoms with van der Waals surface area (Å²) in [6.45, 7) is 18.5. The summed E-state index contributed by atoms with van der Waals surface area (Å²) >= 11 is 15.5. The molecule has 26 nitrogen and oxygen atoms in total.